The van der Waals surface area contributed by atoms with Crippen LogP contribution in [0.5, 0.6) is 0 Å². The molecule has 100 valence electrons. The average Bonchev–Trinajstić information content (AvgIpc) is 2.87. The summed E-state index contributed by atoms with van der Waals surface area (Å²) in [6, 6.07) is 9.33. The predicted molar refractivity (Wildman–Crippen MR) is 80.3 cm³/mol. The van der Waals surface area contributed by atoms with E-state index in [-0.39, 0.29) is 11.0 Å². The zero-order chi connectivity index (χ0) is 13.8. The molecule has 0 aliphatic rings. The van der Waals surface area contributed by atoms with E-state index in [2.05, 4.69) is 10.2 Å². The van der Waals surface area contributed by atoms with Crippen LogP contribution in [0.2, 0.25) is 0 Å². The molecular formula is C13H15N3OS2. The summed E-state index contributed by atoms with van der Waals surface area (Å²) >= 11 is 2.95. The number of carbonyl (C=O) groups is 1. The molecule has 1 heterocycles. The maximum absolute atomic E-state index is 12.2. The van der Waals surface area contributed by atoms with Crippen molar-refractivity contribution in [2.24, 2.45) is 0 Å². The van der Waals surface area contributed by atoms with Gasteiger partial charge in [-0.25, -0.2) is 0 Å². The van der Waals surface area contributed by atoms with E-state index in [0.717, 1.165) is 15.0 Å². The van der Waals surface area contributed by atoms with Crippen LogP contribution < -0.4 is 4.90 Å². The van der Waals surface area contributed by atoms with Gasteiger partial charge in [-0.2, -0.15) is 0 Å². The Morgan fingerprint density at radius 2 is 1.95 bits per heavy atom. The van der Waals surface area contributed by atoms with E-state index < -0.39 is 0 Å². The Labute approximate surface area is 120 Å². The second-order valence-corrected chi connectivity index (χ2v) is 6.78. The largest absolute Gasteiger partial charge is 0.353 e. The van der Waals surface area contributed by atoms with E-state index in [4.69, 9.17) is 0 Å². The minimum atomic E-state index is -0.162. The summed E-state index contributed by atoms with van der Waals surface area (Å²) in [6.07, 6.45) is 0. The Balaban J connectivity index is 2.04. The normalized spacial score (nSPS) is 12.2. The van der Waals surface area contributed by atoms with Crippen LogP contribution in [-0.4, -0.2) is 35.3 Å². The van der Waals surface area contributed by atoms with Gasteiger partial charge >= 0.3 is 0 Å². The van der Waals surface area contributed by atoms with Crippen molar-refractivity contribution in [1.29, 1.82) is 0 Å². The van der Waals surface area contributed by atoms with Crippen molar-refractivity contribution in [3.63, 3.8) is 0 Å². The molecule has 0 saturated carbocycles. The highest BCUT2D eigenvalue weighted by atomic mass is 32.2. The number of anilines is 1. The smallest absolute Gasteiger partial charge is 0.208 e. The van der Waals surface area contributed by atoms with Gasteiger partial charge in [0.1, 0.15) is 0 Å². The molecule has 0 saturated heterocycles. The van der Waals surface area contributed by atoms with Crippen molar-refractivity contribution in [1.82, 2.24) is 10.2 Å². The summed E-state index contributed by atoms with van der Waals surface area (Å²) in [5, 5.41) is 8.84. The van der Waals surface area contributed by atoms with Gasteiger partial charge in [-0.05, 0) is 6.92 Å². The Bertz CT molecular complexity index is 554. The van der Waals surface area contributed by atoms with Crippen LogP contribution >= 0.6 is 23.1 Å². The monoisotopic (exact) mass is 293 g/mol. The quantitative estimate of drug-likeness (QED) is 0.626. The first kappa shape index (κ1) is 14.0. The van der Waals surface area contributed by atoms with Gasteiger partial charge < -0.3 is 4.90 Å². The van der Waals surface area contributed by atoms with Gasteiger partial charge in [0.25, 0.3) is 0 Å². The van der Waals surface area contributed by atoms with Gasteiger partial charge in [-0.1, -0.05) is 53.4 Å². The predicted octanol–water partition coefficient (Wildman–Crippen LogP) is 2.97. The van der Waals surface area contributed by atoms with E-state index in [1.807, 2.05) is 56.3 Å². The average molecular weight is 293 g/mol. The minimum Gasteiger partial charge on any atom is -0.353 e. The van der Waals surface area contributed by atoms with E-state index in [1.165, 1.54) is 23.1 Å². The van der Waals surface area contributed by atoms with Crippen LogP contribution in [0.4, 0.5) is 5.13 Å². The van der Waals surface area contributed by atoms with E-state index in [0.29, 0.717) is 0 Å². The number of ketones is 1. The topological polar surface area (TPSA) is 46.1 Å². The Morgan fingerprint density at radius 3 is 2.53 bits per heavy atom. The fraction of sp³-hybridized carbons (Fsp3) is 0.308. The zero-order valence-corrected chi connectivity index (χ0v) is 12.7. The maximum atomic E-state index is 12.2. The molecule has 2 aromatic rings. The number of hydrogen-bond acceptors (Lipinski definition) is 6. The lowest BCUT2D eigenvalue weighted by atomic mass is 10.1. The molecule has 0 N–H and O–H groups in total. The van der Waals surface area contributed by atoms with Crippen molar-refractivity contribution < 1.29 is 4.79 Å². The SMILES string of the molecule is CC(Sc1nnc(N(C)C)s1)C(=O)c1ccccc1. The highest BCUT2D eigenvalue weighted by molar-refractivity contribution is 8.02. The molecular weight excluding hydrogens is 278 g/mol. The van der Waals surface area contributed by atoms with Crippen molar-refractivity contribution in [2.45, 2.75) is 16.5 Å². The molecule has 0 radical (unpaired) electrons. The summed E-state index contributed by atoms with van der Waals surface area (Å²) in [5.41, 5.74) is 0.736. The summed E-state index contributed by atoms with van der Waals surface area (Å²) in [7, 11) is 3.85. The van der Waals surface area contributed by atoms with Gasteiger partial charge in [-0.15, -0.1) is 10.2 Å². The molecule has 0 aliphatic heterocycles. The summed E-state index contributed by atoms with van der Waals surface area (Å²) < 4.78 is 0.820. The Morgan fingerprint density at radius 1 is 1.26 bits per heavy atom. The maximum Gasteiger partial charge on any atom is 0.208 e. The summed E-state index contributed by atoms with van der Waals surface area (Å²) in [4.78, 5) is 14.1. The lowest BCUT2D eigenvalue weighted by Gasteiger charge is -2.07. The molecule has 0 aliphatic carbocycles. The molecule has 4 nitrogen and oxygen atoms in total. The van der Waals surface area contributed by atoms with E-state index >= 15 is 0 Å². The highest BCUT2D eigenvalue weighted by Crippen LogP contribution is 2.31. The van der Waals surface area contributed by atoms with Crippen molar-refractivity contribution in [2.75, 3.05) is 19.0 Å². The van der Waals surface area contributed by atoms with Crippen molar-refractivity contribution in [3.05, 3.63) is 35.9 Å². The van der Waals surface area contributed by atoms with Gasteiger partial charge in [0, 0.05) is 19.7 Å². The van der Waals surface area contributed by atoms with Crippen LogP contribution in [0.25, 0.3) is 0 Å². The fourth-order valence-corrected chi connectivity index (χ4v) is 3.46. The van der Waals surface area contributed by atoms with Crippen molar-refractivity contribution >= 4 is 34.0 Å². The molecule has 1 atom stereocenters. The van der Waals surface area contributed by atoms with Crippen LogP contribution in [0.1, 0.15) is 17.3 Å². The van der Waals surface area contributed by atoms with Gasteiger partial charge in [0.15, 0.2) is 10.1 Å². The summed E-state index contributed by atoms with van der Waals surface area (Å²) in [6.45, 7) is 1.90. The molecule has 6 heteroatoms. The number of rotatable bonds is 5. The minimum absolute atomic E-state index is 0.118. The van der Waals surface area contributed by atoms with Crippen LogP contribution in [0, 0.1) is 0 Å². The first-order chi connectivity index (χ1) is 9.08. The first-order valence-corrected chi connectivity index (χ1v) is 7.54. The number of thioether (sulfide) groups is 1. The molecule has 0 spiro atoms. The second-order valence-electron chi connectivity index (χ2n) is 4.24. The van der Waals surface area contributed by atoms with Crippen LogP contribution in [0.3, 0.4) is 0 Å². The summed E-state index contributed by atoms with van der Waals surface area (Å²) in [5.74, 6) is 0.118. The molecule has 0 bridgehead atoms. The number of carbonyl (C=O) groups excluding carboxylic acids is 1. The second kappa shape index (κ2) is 6.16. The number of Topliss-reactive ketones (excluding diaryl/α,β-unsaturated/α-hetero) is 1. The van der Waals surface area contributed by atoms with E-state index in [1.54, 1.807) is 0 Å². The molecule has 0 amide bonds. The fourth-order valence-electron chi connectivity index (χ4n) is 1.47. The lowest BCUT2D eigenvalue weighted by Crippen LogP contribution is -2.13. The number of nitrogens with zero attached hydrogens (tertiary/aromatic N) is 3. The molecule has 1 aromatic carbocycles. The first-order valence-electron chi connectivity index (χ1n) is 5.84. The van der Waals surface area contributed by atoms with Gasteiger partial charge in [0.05, 0.1) is 5.25 Å². The Hall–Kier alpha value is -1.40. The van der Waals surface area contributed by atoms with E-state index in [9.17, 15) is 4.79 Å². The van der Waals surface area contributed by atoms with Crippen LogP contribution in [0.15, 0.2) is 34.7 Å². The van der Waals surface area contributed by atoms with Gasteiger partial charge in [0.2, 0.25) is 5.13 Å². The molecule has 1 unspecified atom stereocenters. The molecule has 1 aromatic heterocycles. The third-order valence-electron chi connectivity index (χ3n) is 2.48. The number of benzene rings is 1. The number of hydrogen-bond donors (Lipinski definition) is 0. The third-order valence-corrected chi connectivity index (χ3v) is 4.76. The van der Waals surface area contributed by atoms with Gasteiger partial charge in [-0.3, -0.25) is 4.79 Å². The molecule has 0 fully saturated rings. The highest BCUT2D eigenvalue weighted by Gasteiger charge is 2.18. The molecule has 2 rings (SSSR count). The Kier molecular flexibility index (Phi) is 4.55. The number of aromatic nitrogens is 2. The third kappa shape index (κ3) is 3.54. The lowest BCUT2D eigenvalue weighted by molar-refractivity contribution is 0.0994. The standard InChI is InChI=1S/C13H15N3OS2/c1-9(11(17)10-7-5-4-6-8-10)18-13-15-14-12(19-13)16(2)3/h4-9H,1-3H3. The van der Waals surface area contributed by atoms with Crippen molar-refractivity contribution in [3.8, 4) is 0 Å². The molecule has 19 heavy (non-hydrogen) atoms. The zero-order valence-electron chi connectivity index (χ0n) is 11.0. The van der Waals surface area contributed by atoms with Crippen LogP contribution in [-0.2, 0) is 0 Å².